The summed E-state index contributed by atoms with van der Waals surface area (Å²) in [6, 6.07) is 0. The molecule has 0 aromatic carbocycles. The second-order valence-corrected chi connectivity index (χ2v) is 8.08. The summed E-state index contributed by atoms with van der Waals surface area (Å²) in [5, 5.41) is 3.59. The molecule has 0 fully saturated rings. The predicted octanol–water partition coefficient (Wildman–Crippen LogP) is 7.18. The largest absolute Gasteiger partial charge is 0.315 e. The van der Waals surface area contributed by atoms with Crippen molar-refractivity contribution in [3.05, 3.63) is 0 Å². The molecule has 0 saturated heterocycles. The molecule has 0 bridgehead atoms. The third kappa shape index (κ3) is 20.2. The molecule has 0 amide bonds. The van der Waals surface area contributed by atoms with Gasteiger partial charge in [-0.2, -0.15) is 0 Å². The molecule has 0 radical (unpaired) electrons. The van der Waals surface area contributed by atoms with Gasteiger partial charge >= 0.3 is 0 Å². The highest BCUT2D eigenvalue weighted by atomic mass is 15.1. The predicted molar refractivity (Wildman–Crippen MR) is 120 cm³/mol. The Balaban J connectivity index is 3.03. The van der Waals surface area contributed by atoms with Gasteiger partial charge in [-0.05, 0) is 26.1 Å². The van der Waals surface area contributed by atoms with Crippen LogP contribution in [0.3, 0.4) is 0 Å². The summed E-state index contributed by atoms with van der Waals surface area (Å²) in [6.45, 7) is 12.7. The summed E-state index contributed by atoms with van der Waals surface area (Å²) in [5.74, 6) is 0. The highest BCUT2D eigenvalue weighted by molar-refractivity contribution is 4.56. The van der Waals surface area contributed by atoms with E-state index in [9.17, 15) is 0 Å². The van der Waals surface area contributed by atoms with Gasteiger partial charge in [-0.1, -0.05) is 117 Å². The van der Waals surface area contributed by atoms with Crippen LogP contribution in [0.4, 0.5) is 0 Å². The number of nitrogens with one attached hydrogen (secondary N) is 1. The molecule has 26 heavy (non-hydrogen) atoms. The summed E-state index contributed by atoms with van der Waals surface area (Å²) in [4.78, 5) is 2.49. The maximum Gasteiger partial charge on any atom is 0.0107 e. The summed E-state index contributed by atoms with van der Waals surface area (Å²) in [7, 11) is 0. The Hall–Kier alpha value is -0.0800. The first-order valence-corrected chi connectivity index (χ1v) is 12.3. The fourth-order valence-electron chi connectivity index (χ4n) is 3.70. The van der Waals surface area contributed by atoms with Crippen LogP contribution in [0, 0.1) is 0 Å². The lowest BCUT2D eigenvalue weighted by atomic mass is 10.0. The van der Waals surface area contributed by atoms with Gasteiger partial charge in [0.2, 0.25) is 0 Å². The van der Waals surface area contributed by atoms with Gasteiger partial charge < -0.3 is 10.2 Å². The van der Waals surface area contributed by atoms with Gasteiger partial charge in [0.05, 0.1) is 0 Å². The summed E-state index contributed by atoms with van der Waals surface area (Å²) in [5.41, 5.74) is 0. The smallest absolute Gasteiger partial charge is 0.0107 e. The zero-order valence-corrected chi connectivity index (χ0v) is 18.8. The maximum absolute atomic E-state index is 3.59. The van der Waals surface area contributed by atoms with E-state index in [0.717, 1.165) is 6.54 Å². The molecule has 0 atom stereocenters. The molecule has 0 heterocycles. The molecule has 0 aromatic rings. The Bertz CT molecular complexity index is 238. The third-order valence-electron chi connectivity index (χ3n) is 5.71. The SMILES string of the molecule is CCCCCCCCCCCCCCCCCCNCCN(CC)CC. The van der Waals surface area contributed by atoms with Crippen molar-refractivity contribution in [3.63, 3.8) is 0 Å². The van der Waals surface area contributed by atoms with Crippen LogP contribution in [-0.4, -0.2) is 37.6 Å². The molecule has 2 nitrogen and oxygen atoms in total. The lowest BCUT2D eigenvalue weighted by Crippen LogP contribution is -2.32. The molecule has 0 rings (SSSR count). The minimum absolute atomic E-state index is 1.15. The van der Waals surface area contributed by atoms with Gasteiger partial charge in [0.1, 0.15) is 0 Å². The van der Waals surface area contributed by atoms with E-state index in [4.69, 9.17) is 0 Å². The molecule has 0 aromatic heterocycles. The van der Waals surface area contributed by atoms with Crippen LogP contribution in [0.1, 0.15) is 124 Å². The van der Waals surface area contributed by atoms with E-state index >= 15 is 0 Å². The topological polar surface area (TPSA) is 15.3 Å². The van der Waals surface area contributed by atoms with Crippen molar-refractivity contribution in [2.75, 3.05) is 32.7 Å². The van der Waals surface area contributed by atoms with E-state index in [1.165, 1.54) is 129 Å². The molecule has 0 saturated carbocycles. The summed E-state index contributed by atoms with van der Waals surface area (Å²) >= 11 is 0. The van der Waals surface area contributed by atoms with Crippen LogP contribution in [0.2, 0.25) is 0 Å². The number of hydrogen-bond acceptors (Lipinski definition) is 2. The molecule has 0 aliphatic rings. The monoisotopic (exact) mass is 368 g/mol. The lowest BCUT2D eigenvalue weighted by Gasteiger charge is -2.17. The van der Waals surface area contributed by atoms with E-state index in [0.29, 0.717) is 0 Å². The standard InChI is InChI=1S/C24H52N2/c1-4-7-8-9-10-11-12-13-14-15-16-17-18-19-20-21-22-25-23-24-26(5-2)6-3/h25H,4-24H2,1-3H3. The third-order valence-corrected chi connectivity index (χ3v) is 5.71. The normalized spacial score (nSPS) is 11.5. The average Bonchev–Trinajstić information content (AvgIpc) is 2.66. The van der Waals surface area contributed by atoms with E-state index in [-0.39, 0.29) is 0 Å². The second kappa shape index (κ2) is 23.0. The summed E-state index contributed by atoms with van der Waals surface area (Å²) < 4.78 is 0. The molecule has 158 valence electrons. The van der Waals surface area contributed by atoms with Crippen molar-refractivity contribution in [2.45, 2.75) is 124 Å². The Labute approximate surface area is 166 Å². The minimum atomic E-state index is 1.15. The van der Waals surface area contributed by atoms with Gasteiger partial charge in [0.25, 0.3) is 0 Å². The van der Waals surface area contributed by atoms with Gasteiger partial charge in [0, 0.05) is 13.1 Å². The fraction of sp³-hybridized carbons (Fsp3) is 1.00. The number of unbranched alkanes of at least 4 members (excludes halogenated alkanes) is 15. The van der Waals surface area contributed by atoms with Crippen molar-refractivity contribution in [2.24, 2.45) is 0 Å². The van der Waals surface area contributed by atoms with Gasteiger partial charge in [-0.15, -0.1) is 0 Å². The van der Waals surface area contributed by atoms with Crippen molar-refractivity contribution in [1.82, 2.24) is 10.2 Å². The van der Waals surface area contributed by atoms with Crippen LogP contribution >= 0.6 is 0 Å². The highest BCUT2D eigenvalue weighted by Crippen LogP contribution is 2.13. The molecule has 0 aliphatic heterocycles. The Kier molecular flexibility index (Phi) is 22.9. The van der Waals surface area contributed by atoms with E-state index < -0.39 is 0 Å². The molecule has 0 spiro atoms. The molecule has 2 heteroatoms. The Morgan fingerprint density at radius 1 is 0.462 bits per heavy atom. The second-order valence-electron chi connectivity index (χ2n) is 8.08. The number of rotatable bonds is 22. The molecular weight excluding hydrogens is 316 g/mol. The highest BCUT2D eigenvalue weighted by Gasteiger charge is 1.97. The molecule has 0 unspecified atom stereocenters. The molecular formula is C24H52N2. The van der Waals surface area contributed by atoms with Crippen LogP contribution in [0.25, 0.3) is 0 Å². The van der Waals surface area contributed by atoms with E-state index in [1.807, 2.05) is 0 Å². The van der Waals surface area contributed by atoms with Crippen LogP contribution in [-0.2, 0) is 0 Å². The first-order chi connectivity index (χ1) is 12.8. The maximum atomic E-state index is 3.59. The molecule has 1 N–H and O–H groups in total. The zero-order valence-electron chi connectivity index (χ0n) is 18.8. The number of likely N-dealkylation sites (N-methyl/N-ethyl adjacent to an activating group) is 1. The average molecular weight is 369 g/mol. The van der Waals surface area contributed by atoms with E-state index in [1.54, 1.807) is 0 Å². The zero-order chi connectivity index (χ0) is 19.1. The van der Waals surface area contributed by atoms with Gasteiger partial charge in [-0.3, -0.25) is 0 Å². The van der Waals surface area contributed by atoms with Gasteiger partial charge in [0.15, 0.2) is 0 Å². The van der Waals surface area contributed by atoms with Crippen molar-refractivity contribution >= 4 is 0 Å². The van der Waals surface area contributed by atoms with E-state index in [2.05, 4.69) is 31.0 Å². The first-order valence-electron chi connectivity index (χ1n) is 12.3. The van der Waals surface area contributed by atoms with Crippen LogP contribution in [0.5, 0.6) is 0 Å². The summed E-state index contributed by atoms with van der Waals surface area (Å²) in [6.07, 6.45) is 23.2. The van der Waals surface area contributed by atoms with Crippen LogP contribution < -0.4 is 5.32 Å². The Morgan fingerprint density at radius 3 is 1.23 bits per heavy atom. The molecule has 0 aliphatic carbocycles. The fourth-order valence-corrected chi connectivity index (χ4v) is 3.70. The quantitative estimate of drug-likeness (QED) is 0.204. The van der Waals surface area contributed by atoms with Crippen molar-refractivity contribution < 1.29 is 0 Å². The Morgan fingerprint density at radius 2 is 0.846 bits per heavy atom. The van der Waals surface area contributed by atoms with Crippen molar-refractivity contribution in [3.8, 4) is 0 Å². The van der Waals surface area contributed by atoms with Crippen molar-refractivity contribution in [1.29, 1.82) is 0 Å². The number of hydrogen-bond donors (Lipinski definition) is 1. The first kappa shape index (κ1) is 25.9. The van der Waals surface area contributed by atoms with Crippen LogP contribution in [0.15, 0.2) is 0 Å². The van der Waals surface area contributed by atoms with Gasteiger partial charge in [-0.25, -0.2) is 0 Å². The number of nitrogens with zero attached hydrogens (tertiary/aromatic N) is 1. The lowest BCUT2D eigenvalue weighted by molar-refractivity contribution is 0.302. The minimum Gasteiger partial charge on any atom is -0.315 e.